The second-order valence-electron chi connectivity index (χ2n) is 6.59. The first-order valence-electron chi connectivity index (χ1n) is 8.78. The molecule has 0 atom stereocenters. The number of carbonyl (C=O) groups excluding carboxylic acids is 1. The maximum atomic E-state index is 12.8. The van der Waals surface area contributed by atoms with Gasteiger partial charge in [0.1, 0.15) is 6.54 Å². The van der Waals surface area contributed by atoms with Crippen molar-refractivity contribution in [1.82, 2.24) is 23.6 Å². The molecule has 1 amide bonds. The molecule has 27 heavy (non-hydrogen) atoms. The first-order valence-corrected chi connectivity index (χ1v) is 8.78. The summed E-state index contributed by atoms with van der Waals surface area (Å²) in [6.07, 6.45) is 1.48. The van der Waals surface area contributed by atoms with Crippen molar-refractivity contribution in [2.45, 2.75) is 26.9 Å². The minimum absolute atomic E-state index is 0.276. The van der Waals surface area contributed by atoms with Crippen LogP contribution in [0.25, 0.3) is 11.2 Å². The Labute approximate surface area is 156 Å². The molecule has 1 aromatic carbocycles. The molecule has 0 aliphatic carbocycles. The van der Waals surface area contributed by atoms with Gasteiger partial charge in [-0.25, -0.2) is 14.3 Å². The van der Waals surface area contributed by atoms with Gasteiger partial charge in [0.2, 0.25) is 5.91 Å². The third-order valence-electron chi connectivity index (χ3n) is 4.85. The van der Waals surface area contributed by atoms with Gasteiger partial charge < -0.3 is 9.47 Å². The summed E-state index contributed by atoms with van der Waals surface area (Å²) in [5, 5.41) is 0. The molecule has 0 unspecified atom stereocenters. The summed E-state index contributed by atoms with van der Waals surface area (Å²) in [5.41, 5.74) is 1.68. The van der Waals surface area contributed by atoms with Crippen LogP contribution in [0, 0.1) is 6.92 Å². The highest BCUT2D eigenvalue weighted by Gasteiger charge is 2.20. The number of rotatable bonds is 5. The number of benzene rings is 1. The van der Waals surface area contributed by atoms with E-state index in [1.165, 1.54) is 10.9 Å². The van der Waals surface area contributed by atoms with E-state index < -0.39 is 11.2 Å². The Morgan fingerprint density at radius 3 is 2.56 bits per heavy atom. The zero-order valence-electron chi connectivity index (χ0n) is 16.0. The number of aromatic nitrogens is 4. The van der Waals surface area contributed by atoms with Gasteiger partial charge in [0.05, 0.1) is 6.33 Å². The summed E-state index contributed by atoms with van der Waals surface area (Å²) in [4.78, 5) is 43.9. The SMILES string of the molecule is CCN(Cc1ccccc1C)C(=O)Cn1c(=O)c2c(ncn2C)n(C)c1=O. The van der Waals surface area contributed by atoms with Crippen LogP contribution in [0.15, 0.2) is 40.2 Å². The van der Waals surface area contributed by atoms with E-state index in [1.54, 1.807) is 23.6 Å². The number of carbonyl (C=O) groups is 1. The molecule has 2 aromatic heterocycles. The Morgan fingerprint density at radius 2 is 1.89 bits per heavy atom. The lowest BCUT2D eigenvalue weighted by molar-refractivity contribution is -0.132. The van der Waals surface area contributed by atoms with Gasteiger partial charge in [-0.2, -0.15) is 0 Å². The zero-order chi connectivity index (χ0) is 19.7. The van der Waals surface area contributed by atoms with Crippen LogP contribution in [-0.2, 0) is 32.0 Å². The lowest BCUT2D eigenvalue weighted by atomic mass is 10.1. The Kier molecular flexibility index (Phi) is 4.98. The predicted octanol–water partition coefficient (Wildman–Crippen LogP) is 0.791. The molecule has 0 N–H and O–H groups in total. The minimum atomic E-state index is -0.550. The van der Waals surface area contributed by atoms with Gasteiger partial charge in [-0.05, 0) is 25.0 Å². The van der Waals surface area contributed by atoms with Crippen molar-refractivity contribution in [2.75, 3.05) is 6.54 Å². The molecule has 142 valence electrons. The van der Waals surface area contributed by atoms with Gasteiger partial charge in [0, 0.05) is 27.2 Å². The fraction of sp³-hybridized carbons (Fsp3) is 0.368. The van der Waals surface area contributed by atoms with E-state index >= 15 is 0 Å². The number of aryl methyl sites for hydroxylation is 3. The van der Waals surface area contributed by atoms with Crippen LogP contribution >= 0.6 is 0 Å². The van der Waals surface area contributed by atoms with Crippen LogP contribution < -0.4 is 11.2 Å². The second-order valence-corrected chi connectivity index (χ2v) is 6.59. The molecule has 0 spiro atoms. The van der Waals surface area contributed by atoms with E-state index in [0.29, 0.717) is 24.3 Å². The molecule has 0 radical (unpaired) electrons. The average molecular weight is 369 g/mol. The lowest BCUT2D eigenvalue weighted by Gasteiger charge is -2.22. The number of hydrogen-bond donors (Lipinski definition) is 0. The molecule has 0 saturated carbocycles. The molecule has 3 aromatic rings. The van der Waals surface area contributed by atoms with Crippen molar-refractivity contribution in [1.29, 1.82) is 0 Å². The first-order chi connectivity index (χ1) is 12.8. The van der Waals surface area contributed by atoms with E-state index in [-0.39, 0.29) is 12.5 Å². The smallest absolute Gasteiger partial charge is 0.332 e. The molecule has 2 heterocycles. The van der Waals surface area contributed by atoms with Crippen LogP contribution in [0.5, 0.6) is 0 Å². The Morgan fingerprint density at radius 1 is 1.19 bits per heavy atom. The normalized spacial score (nSPS) is 11.1. The van der Waals surface area contributed by atoms with Crippen molar-refractivity contribution in [3.8, 4) is 0 Å². The topological polar surface area (TPSA) is 82.1 Å². The van der Waals surface area contributed by atoms with Gasteiger partial charge in [-0.1, -0.05) is 24.3 Å². The minimum Gasteiger partial charge on any atom is -0.337 e. The average Bonchev–Trinajstić information content (AvgIpc) is 3.04. The van der Waals surface area contributed by atoms with Crippen LogP contribution in [0.4, 0.5) is 0 Å². The Bertz CT molecular complexity index is 1120. The van der Waals surface area contributed by atoms with Gasteiger partial charge in [0.25, 0.3) is 5.56 Å². The number of likely N-dealkylation sites (N-methyl/N-ethyl adjacent to an activating group) is 1. The maximum absolute atomic E-state index is 12.8. The van der Waals surface area contributed by atoms with E-state index in [1.807, 2.05) is 38.1 Å². The summed E-state index contributed by atoms with van der Waals surface area (Å²) in [6, 6.07) is 7.84. The van der Waals surface area contributed by atoms with E-state index in [2.05, 4.69) is 4.98 Å². The lowest BCUT2D eigenvalue weighted by Crippen LogP contribution is -2.44. The monoisotopic (exact) mass is 369 g/mol. The second kappa shape index (κ2) is 7.22. The van der Waals surface area contributed by atoms with E-state index in [0.717, 1.165) is 15.7 Å². The molecule has 8 nitrogen and oxygen atoms in total. The highest BCUT2D eigenvalue weighted by atomic mass is 16.2. The van der Waals surface area contributed by atoms with E-state index in [4.69, 9.17) is 0 Å². The summed E-state index contributed by atoms with van der Waals surface area (Å²) in [5.74, 6) is -0.276. The molecule has 3 rings (SSSR count). The number of fused-ring (bicyclic) bond motifs is 1. The highest BCUT2D eigenvalue weighted by Crippen LogP contribution is 2.11. The Balaban J connectivity index is 1.95. The van der Waals surface area contributed by atoms with Crippen LogP contribution in [0.2, 0.25) is 0 Å². The predicted molar refractivity (Wildman–Crippen MR) is 102 cm³/mol. The van der Waals surface area contributed by atoms with Gasteiger partial charge in [0.15, 0.2) is 11.2 Å². The summed E-state index contributed by atoms with van der Waals surface area (Å²) in [6.45, 7) is 4.49. The number of nitrogens with zero attached hydrogens (tertiary/aromatic N) is 5. The molecule has 0 saturated heterocycles. The largest absolute Gasteiger partial charge is 0.337 e. The molecular formula is C19H23N5O3. The van der Waals surface area contributed by atoms with Crippen molar-refractivity contribution >= 4 is 17.1 Å². The van der Waals surface area contributed by atoms with Gasteiger partial charge in [-0.3, -0.25) is 14.2 Å². The van der Waals surface area contributed by atoms with Gasteiger partial charge >= 0.3 is 5.69 Å². The molecule has 0 aliphatic heterocycles. The molecule has 0 bridgehead atoms. The number of amides is 1. The third-order valence-corrected chi connectivity index (χ3v) is 4.85. The molecule has 0 fully saturated rings. The summed E-state index contributed by atoms with van der Waals surface area (Å²) >= 11 is 0. The fourth-order valence-corrected chi connectivity index (χ4v) is 3.14. The molecule has 8 heteroatoms. The van der Waals surface area contributed by atoms with Crippen molar-refractivity contribution < 1.29 is 4.79 Å². The van der Waals surface area contributed by atoms with Crippen LogP contribution in [0.1, 0.15) is 18.1 Å². The van der Waals surface area contributed by atoms with Gasteiger partial charge in [-0.15, -0.1) is 0 Å². The van der Waals surface area contributed by atoms with Crippen molar-refractivity contribution in [3.63, 3.8) is 0 Å². The summed E-state index contributed by atoms with van der Waals surface area (Å²) < 4.78 is 3.83. The molecular weight excluding hydrogens is 346 g/mol. The highest BCUT2D eigenvalue weighted by molar-refractivity contribution is 5.77. The maximum Gasteiger partial charge on any atom is 0.332 e. The van der Waals surface area contributed by atoms with E-state index in [9.17, 15) is 14.4 Å². The summed E-state index contributed by atoms with van der Waals surface area (Å²) in [7, 11) is 3.23. The van der Waals surface area contributed by atoms with Crippen LogP contribution in [0.3, 0.4) is 0 Å². The molecule has 0 aliphatic rings. The number of imidazole rings is 1. The van der Waals surface area contributed by atoms with Crippen molar-refractivity contribution in [2.24, 2.45) is 14.1 Å². The van der Waals surface area contributed by atoms with Crippen molar-refractivity contribution in [3.05, 3.63) is 62.6 Å². The zero-order valence-corrected chi connectivity index (χ0v) is 16.0. The first kappa shape index (κ1) is 18.6. The quantitative estimate of drug-likeness (QED) is 0.666. The standard InChI is InChI=1S/C19H23N5O3/c1-5-23(10-14-9-7-6-8-13(14)2)15(25)11-24-18(26)16-17(20-12-21(16)3)22(4)19(24)27/h6-9,12H,5,10-11H2,1-4H3. The third kappa shape index (κ3) is 3.30. The fourth-order valence-electron chi connectivity index (χ4n) is 3.14. The Hall–Kier alpha value is -3.16. The van der Waals surface area contributed by atoms with Crippen LogP contribution in [-0.4, -0.2) is 36.0 Å². The number of hydrogen-bond acceptors (Lipinski definition) is 4.